The Labute approximate surface area is 216 Å². The molecule has 196 valence electrons. The zero-order valence-electron chi connectivity index (χ0n) is 22.0. The van der Waals surface area contributed by atoms with E-state index in [2.05, 4.69) is 57.5 Å². The number of carbonyl (C=O) groups is 1. The van der Waals surface area contributed by atoms with E-state index < -0.39 is 0 Å². The standard InChI is InChI=1S/C27H45N5O2S/c1-4-9-24(21-31(3)15-8-10-22(2)20-32-16-6-5-7-17-32)26(33)28-27-30-29-25(35-27)12-11-23-13-18-34-19-14-23/h8,10,15,23-24H,4-7,9,11-14,16-21H2,1-3H3,(H,28,30,33)/b15-8+,22-10+. The fourth-order valence-corrected chi connectivity index (χ4v) is 5.67. The molecule has 2 aliphatic rings. The van der Waals surface area contributed by atoms with Gasteiger partial charge in [-0.15, -0.1) is 10.2 Å². The Kier molecular flexibility index (Phi) is 12.2. The molecule has 0 bridgehead atoms. The van der Waals surface area contributed by atoms with Gasteiger partial charge < -0.3 is 15.0 Å². The number of nitrogens with one attached hydrogen (secondary N) is 1. The van der Waals surface area contributed by atoms with E-state index in [1.807, 2.05) is 7.05 Å². The summed E-state index contributed by atoms with van der Waals surface area (Å²) in [7, 11) is 2.04. The number of nitrogens with zero attached hydrogens (tertiary/aromatic N) is 4. The van der Waals surface area contributed by atoms with Crippen molar-refractivity contribution >= 4 is 22.4 Å². The van der Waals surface area contributed by atoms with Crippen molar-refractivity contribution in [3.05, 3.63) is 28.9 Å². The molecule has 3 rings (SSSR count). The topological polar surface area (TPSA) is 70.6 Å². The molecule has 0 radical (unpaired) electrons. The lowest BCUT2D eigenvalue weighted by Crippen LogP contribution is -2.31. The SMILES string of the molecule is CCCC(CN(C)/C=C/C=C(\C)CN1CCCCC1)C(=O)Nc1nnc(CCC2CCOCC2)s1. The van der Waals surface area contributed by atoms with Crippen LogP contribution in [-0.2, 0) is 16.0 Å². The second kappa shape index (κ2) is 15.4. The number of hydrogen-bond donors (Lipinski definition) is 1. The number of allylic oxidation sites excluding steroid dienone is 2. The summed E-state index contributed by atoms with van der Waals surface area (Å²) in [6.07, 6.45) is 16.5. The van der Waals surface area contributed by atoms with Gasteiger partial charge in [0.1, 0.15) is 5.01 Å². The Balaban J connectivity index is 1.43. The minimum Gasteiger partial charge on any atom is -0.381 e. The number of rotatable bonds is 13. The third kappa shape index (κ3) is 10.4. The number of carbonyl (C=O) groups excluding carboxylic acids is 1. The van der Waals surface area contributed by atoms with Gasteiger partial charge in [0, 0.05) is 39.8 Å². The Morgan fingerprint density at radius 1 is 1.26 bits per heavy atom. The van der Waals surface area contributed by atoms with Crippen LogP contribution in [-0.4, -0.2) is 72.3 Å². The molecule has 2 fully saturated rings. The molecule has 0 spiro atoms. The predicted octanol–water partition coefficient (Wildman–Crippen LogP) is 5.13. The van der Waals surface area contributed by atoms with Crippen molar-refractivity contribution in [3.8, 4) is 0 Å². The van der Waals surface area contributed by atoms with Crippen molar-refractivity contribution in [2.24, 2.45) is 11.8 Å². The Morgan fingerprint density at radius 3 is 2.77 bits per heavy atom. The van der Waals surface area contributed by atoms with Crippen LogP contribution in [0, 0.1) is 11.8 Å². The van der Waals surface area contributed by atoms with E-state index in [4.69, 9.17) is 4.74 Å². The van der Waals surface area contributed by atoms with Crippen molar-refractivity contribution in [1.29, 1.82) is 0 Å². The lowest BCUT2D eigenvalue weighted by atomic mass is 9.95. The molecule has 7 nitrogen and oxygen atoms in total. The van der Waals surface area contributed by atoms with Crippen molar-refractivity contribution < 1.29 is 9.53 Å². The summed E-state index contributed by atoms with van der Waals surface area (Å²) in [6.45, 7) is 10.2. The maximum Gasteiger partial charge on any atom is 0.231 e. The molecule has 35 heavy (non-hydrogen) atoms. The highest BCUT2D eigenvalue weighted by Gasteiger charge is 2.21. The van der Waals surface area contributed by atoms with Gasteiger partial charge >= 0.3 is 0 Å². The first-order chi connectivity index (χ1) is 17.0. The number of anilines is 1. The minimum absolute atomic E-state index is 0.0380. The van der Waals surface area contributed by atoms with E-state index in [-0.39, 0.29) is 11.8 Å². The number of aromatic nitrogens is 2. The van der Waals surface area contributed by atoms with Gasteiger partial charge in [-0.3, -0.25) is 9.69 Å². The fraction of sp³-hybridized carbons (Fsp3) is 0.741. The molecule has 1 unspecified atom stereocenters. The van der Waals surface area contributed by atoms with Crippen molar-refractivity contribution in [3.63, 3.8) is 0 Å². The number of likely N-dealkylation sites (tertiary alicyclic amines) is 1. The first-order valence-corrected chi connectivity index (χ1v) is 14.3. The van der Waals surface area contributed by atoms with Crippen LogP contribution in [0.4, 0.5) is 5.13 Å². The molecule has 2 saturated heterocycles. The normalized spacial score (nSPS) is 19.2. The molecule has 1 aromatic heterocycles. The molecule has 3 heterocycles. The van der Waals surface area contributed by atoms with Gasteiger partial charge in [0.15, 0.2) is 0 Å². The van der Waals surface area contributed by atoms with Gasteiger partial charge in [-0.25, -0.2) is 0 Å². The van der Waals surface area contributed by atoms with Crippen molar-refractivity contribution in [2.45, 2.75) is 71.6 Å². The average Bonchev–Trinajstić information content (AvgIpc) is 3.31. The quantitative estimate of drug-likeness (QED) is 0.376. The number of hydrogen-bond acceptors (Lipinski definition) is 7. The minimum atomic E-state index is -0.0809. The number of amides is 1. The number of ether oxygens (including phenoxy) is 1. The summed E-state index contributed by atoms with van der Waals surface area (Å²) in [5.41, 5.74) is 1.38. The third-order valence-corrected chi connectivity index (χ3v) is 7.86. The van der Waals surface area contributed by atoms with Gasteiger partial charge in [0.05, 0.1) is 5.92 Å². The van der Waals surface area contributed by atoms with Gasteiger partial charge in [-0.05, 0) is 76.7 Å². The molecule has 0 aliphatic carbocycles. The summed E-state index contributed by atoms with van der Waals surface area (Å²) in [5, 5.41) is 13.2. The Morgan fingerprint density at radius 2 is 2.03 bits per heavy atom. The second-order valence-electron chi connectivity index (χ2n) is 10.2. The molecule has 0 aromatic carbocycles. The van der Waals surface area contributed by atoms with Gasteiger partial charge in [-0.2, -0.15) is 0 Å². The van der Waals surface area contributed by atoms with Crippen LogP contribution in [0.5, 0.6) is 0 Å². The van der Waals surface area contributed by atoms with Crippen molar-refractivity contribution in [1.82, 2.24) is 20.0 Å². The lowest BCUT2D eigenvalue weighted by molar-refractivity contribution is -0.120. The smallest absolute Gasteiger partial charge is 0.231 e. The van der Waals surface area contributed by atoms with E-state index in [1.54, 1.807) is 0 Å². The van der Waals surface area contributed by atoms with Crippen LogP contribution in [0.15, 0.2) is 23.9 Å². The molecule has 2 aliphatic heterocycles. The Bertz CT molecular complexity index is 812. The molecule has 1 aromatic rings. The third-order valence-electron chi connectivity index (χ3n) is 6.96. The van der Waals surface area contributed by atoms with E-state index in [0.29, 0.717) is 17.6 Å². The average molecular weight is 504 g/mol. The second-order valence-corrected chi connectivity index (χ2v) is 11.3. The van der Waals surface area contributed by atoms with E-state index in [1.165, 1.54) is 49.3 Å². The lowest BCUT2D eigenvalue weighted by Gasteiger charge is -2.26. The highest BCUT2D eigenvalue weighted by atomic mass is 32.1. The first-order valence-electron chi connectivity index (χ1n) is 13.5. The molecule has 0 saturated carbocycles. The summed E-state index contributed by atoms with van der Waals surface area (Å²) < 4.78 is 5.44. The molecule has 1 amide bonds. The largest absolute Gasteiger partial charge is 0.381 e. The Hall–Kier alpha value is -1.77. The summed E-state index contributed by atoms with van der Waals surface area (Å²) in [5.74, 6) is 0.672. The zero-order valence-corrected chi connectivity index (χ0v) is 22.8. The predicted molar refractivity (Wildman–Crippen MR) is 145 cm³/mol. The molecule has 8 heteroatoms. The maximum atomic E-state index is 13.0. The van der Waals surface area contributed by atoms with E-state index in [9.17, 15) is 4.79 Å². The monoisotopic (exact) mass is 503 g/mol. The van der Waals surface area contributed by atoms with Crippen LogP contribution in [0.3, 0.4) is 0 Å². The highest BCUT2D eigenvalue weighted by Crippen LogP contribution is 2.24. The van der Waals surface area contributed by atoms with Gasteiger partial charge in [-0.1, -0.05) is 42.8 Å². The molecule has 1 N–H and O–H groups in total. The molecule has 1 atom stereocenters. The molecular weight excluding hydrogens is 458 g/mol. The van der Waals surface area contributed by atoms with Crippen LogP contribution >= 0.6 is 11.3 Å². The summed E-state index contributed by atoms with van der Waals surface area (Å²) in [4.78, 5) is 17.7. The number of piperidine rings is 1. The molecular formula is C27H45N5O2S. The fourth-order valence-electron chi connectivity index (χ4n) is 4.91. The summed E-state index contributed by atoms with van der Waals surface area (Å²) in [6, 6.07) is 0. The maximum absolute atomic E-state index is 13.0. The van der Waals surface area contributed by atoms with Crippen LogP contribution in [0.25, 0.3) is 0 Å². The van der Waals surface area contributed by atoms with Crippen LogP contribution in [0.1, 0.15) is 70.2 Å². The van der Waals surface area contributed by atoms with Crippen molar-refractivity contribution in [2.75, 3.05) is 51.8 Å². The number of aryl methyl sites for hydroxylation is 1. The summed E-state index contributed by atoms with van der Waals surface area (Å²) >= 11 is 1.51. The van der Waals surface area contributed by atoms with Gasteiger partial charge in [0.25, 0.3) is 0 Å². The van der Waals surface area contributed by atoms with E-state index in [0.717, 1.165) is 63.3 Å². The van der Waals surface area contributed by atoms with E-state index >= 15 is 0 Å². The zero-order chi connectivity index (χ0) is 24.9. The first kappa shape index (κ1) is 27.8. The van der Waals surface area contributed by atoms with Crippen LogP contribution in [0.2, 0.25) is 0 Å². The van der Waals surface area contributed by atoms with Gasteiger partial charge in [0.2, 0.25) is 11.0 Å². The highest BCUT2D eigenvalue weighted by molar-refractivity contribution is 7.15. The van der Waals surface area contributed by atoms with Crippen LogP contribution < -0.4 is 5.32 Å².